The summed E-state index contributed by atoms with van der Waals surface area (Å²) >= 11 is 0. The molecule has 1 aliphatic carbocycles. The van der Waals surface area contributed by atoms with Gasteiger partial charge in [0.15, 0.2) is 9.84 Å². The van der Waals surface area contributed by atoms with E-state index in [4.69, 9.17) is 0 Å². The predicted octanol–water partition coefficient (Wildman–Crippen LogP) is 2.68. The topological polar surface area (TPSA) is 63.2 Å². The maximum Gasteiger partial charge on any atom is 0.225 e. The van der Waals surface area contributed by atoms with Crippen molar-refractivity contribution in [3.63, 3.8) is 0 Å². The van der Waals surface area contributed by atoms with Crippen molar-refractivity contribution in [2.45, 2.75) is 44.3 Å². The number of aryl methyl sites for hydroxylation is 1. The lowest BCUT2D eigenvalue weighted by Gasteiger charge is -2.11. The summed E-state index contributed by atoms with van der Waals surface area (Å²) in [5, 5.41) is 2.52. The SMILES string of the molecule is Cc1cccc(NC(=O)CCS(=O)(=O)C2CCCC2)c1. The molecule has 4 nitrogen and oxygen atoms in total. The molecule has 1 aromatic rings. The van der Waals surface area contributed by atoms with E-state index in [0.717, 1.165) is 31.2 Å². The quantitative estimate of drug-likeness (QED) is 0.908. The Labute approximate surface area is 120 Å². The molecule has 0 atom stereocenters. The lowest BCUT2D eigenvalue weighted by molar-refractivity contribution is -0.115. The average molecular weight is 295 g/mol. The van der Waals surface area contributed by atoms with Crippen LogP contribution in [0, 0.1) is 6.92 Å². The maximum atomic E-state index is 12.1. The zero-order valence-corrected chi connectivity index (χ0v) is 12.6. The Hall–Kier alpha value is -1.36. The molecular formula is C15H21NO3S. The van der Waals surface area contributed by atoms with Crippen molar-refractivity contribution in [2.75, 3.05) is 11.1 Å². The van der Waals surface area contributed by atoms with Gasteiger partial charge >= 0.3 is 0 Å². The molecule has 0 saturated heterocycles. The summed E-state index contributed by atoms with van der Waals surface area (Å²) in [5.41, 5.74) is 1.77. The standard InChI is InChI=1S/C15H21NO3S/c1-12-5-4-6-13(11-12)16-15(17)9-10-20(18,19)14-7-2-3-8-14/h4-6,11,14H,2-3,7-10H2,1H3,(H,16,17). The monoisotopic (exact) mass is 295 g/mol. The molecule has 1 N–H and O–H groups in total. The van der Waals surface area contributed by atoms with Crippen molar-refractivity contribution in [3.8, 4) is 0 Å². The van der Waals surface area contributed by atoms with Crippen LogP contribution < -0.4 is 5.32 Å². The first-order chi connectivity index (χ1) is 9.47. The van der Waals surface area contributed by atoms with Crippen LogP contribution in [0.25, 0.3) is 0 Å². The highest BCUT2D eigenvalue weighted by atomic mass is 32.2. The van der Waals surface area contributed by atoms with Crippen LogP contribution in [-0.4, -0.2) is 25.3 Å². The Balaban J connectivity index is 1.86. The fraction of sp³-hybridized carbons (Fsp3) is 0.533. The third-order valence-corrected chi connectivity index (χ3v) is 5.99. The summed E-state index contributed by atoms with van der Waals surface area (Å²) in [6.07, 6.45) is 3.51. The van der Waals surface area contributed by atoms with Crippen LogP contribution in [0.1, 0.15) is 37.7 Å². The summed E-state index contributed by atoms with van der Waals surface area (Å²) in [7, 11) is -3.12. The molecule has 110 valence electrons. The summed E-state index contributed by atoms with van der Waals surface area (Å²) in [6.45, 7) is 1.94. The van der Waals surface area contributed by atoms with Crippen molar-refractivity contribution in [1.29, 1.82) is 0 Å². The molecule has 0 bridgehead atoms. The number of rotatable bonds is 5. The van der Waals surface area contributed by atoms with E-state index in [9.17, 15) is 13.2 Å². The van der Waals surface area contributed by atoms with E-state index in [-0.39, 0.29) is 23.3 Å². The van der Waals surface area contributed by atoms with E-state index in [1.54, 1.807) is 6.07 Å². The predicted molar refractivity (Wildman–Crippen MR) is 80.5 cm³/mol. The molecule has 1 amide bonds. The van der Waals surface area contributed by atoms with Gasteiger partial charge in [-0.25, -0.2) is 8.42 Å². The van der Waals surface area contributed by atoms with Gasteiger partial charge in [-0.2, -0.15) is 0 Å². The zero-order valence-electron chi connectivity index (χ0n) is 11.8. The number of carbonyl (C=O) groups excluding carboxylic acids is 1. The average Bonchev–Trinajstić information content (AvgIpc) is 2.91. The number of sulfone groups is 1. The second kappa shape index (κ2) is 6.39. The number of hydrogen-bond acceptors (Lipinski definition) is 3. The Morgan fingerprint density at radius 1 is 1.30 bits per heavy atom. The van der Waals surface area contributed by atoms with Crippen LogP contribution in [-0.2, 0) is 14.6 Å². The highest BCUT2D eigenvalue weighted by Gasteiger charge is 2.28. The first-order valence-electron chi connectivity index (χ1n) is 7.05. The van der Waals surface area contributed by atoms with Crippen LogP contribution in [0.3, 0.4) is 0 Å². The van der Waals surface area contributed by atoms with Gasteiger partial charge in [-0.05, 0) is 37.5 Å². The smallest absolute Gasteiger partial charge is 0.225 e. The number of nitrogens with one attached hydrogen (secondary N) is 1. The Kier molecular flexibility index (Phi) is 4.81. The van der Waals surface area contributed by atoms with E-state index in [0.29, 0.717) is 5.69 Å². The van der Waals surface area contributed by atoms with Crippen molar-refractivity contribution in [3.05, 3.63) is 29.8 Å². The zero-order chi connectivity index (χ0) is 14.6. The highest BCUT2D eigenvalue weighted by Crippen LogP contribution is 2.25. The number of amides is 1. The third kappa shape index (κ3) is 4.07. The first-order valence-corrected chi connectivity index (χ1v) is 8.77. The molecule has 0 radical (unpaired) electrons. The second-order valence-electron chi connectivity index (χ2n) is 5.44. The molecule has 1 aromatic carbocycles. The summed E-state index contributed by atoms with van der Waals surface area (Å²) < 4.78 is 24.1. The van der Waals surface area contributed by atoms with Crippen molar-refractivity contribution in [1.82, 2.24) is 0 Å². The molecule has 2 rings (SSSR count). The van der Waals surface area contributed by atoms with Gasteiger partial charge in [-0.15, -0.1) is 0 Å². The Morgan fingerprint density at radius 3 is 2.65 bits per heavy atom. The van der Waals surface area contributed by atoms with E-state index < -0.39 is 9.84 Å². The molecule has 0 spiro atoms. The minimum absolute atomic E-state index is 0.0345. The van der Waals surface area contributed by atoms with E-state index in [2.05, 4.69) is 5.32 Å². The minimum atomic E-state index is -3.12. The number of benzene rings is 1. The van der Waals surface area contributed by atoms with Gasteiger partial charge in [0, 0.05) is 12.1 Å². The van der Waals surface area contributed by atoms with Crippen LogP contribution in [0.15, 0.2) is 24.3 Å². The molecule has 5 heteroatoms. The molecular weight excluding hydrogens is 274 g/mol. The number of anilines is 1. The van der Waals surface area contributed by atoms with Gasteiger partial charge in [0.2, 0.25) is 5.91 Å². The fourth-order valence-electron chi connectivity index (χ4n) is 2.60. The fourth-order valence-corrected chi connectivity index (χ4v) is 4.45. The van der Waals surface area contributed by atoms with Crippen molar-refractivity contribution < 1.29 is 13.2 Å². The van der Waals surface area contributed by atoms with E-state index in [1.807, 2.05) is 25.1 Å². The van der Waals surface area contributed by atoms with Gasteiger partial charge in [0.25, 0.3) is 0 Å². The van der Waals surface area contributed by atoms with E-state index >= 15 is 0 Å². The molecule has 0 unspecified atom stereocenters. The Bertz CT molecular complexity index is 575. The van der Waals surface area contributed by atoms with Gasteiger partial charge < -0.3 is 5.32 Å². The molecule has 1 fully saturated rings. The first kappa shape index (κ1) is 15.0. The lowest BCUT2D eigenvalue weighted by Crippen LogP contribution is -2.24. The summed E-state index contributed by atoms with van der Waals surface area (Å²) in [4.78, 5) is 11.8. The van der Waals surface area contributed by atoms with Crippen LogP contribution in [0.4, 0.5) is 5.69 Å². The Morgan fingerprint density at radius 2 is 2.00 bits per heavy atom. The number of hydrogen-bond donors (Lipinski definition) is 1. The number of carbonyl (C=O) groups is 1. The summed E-state index contributed by atoms with van der Waals surface area (Å²) in [6, 6.07) is 7.47. The van der Waals surface area contributed by atoms with Gasteiger partial charge in [0.05, 0.1) is 11.0 Å². The van der Waals surface area contributed by atoms with Crippen LogP contribution >= 0.6 is 0 Å². The van der Waals surface area contributed by atoms with Crippen LogP contribution in [0.5, 0.6) is 0 Å². The molecule has 0 aromatic heterocycles. The van der Waals surface area contributed by atoms with Crippen LogP contribution in [0.2, 0.25) is 0 Å². The third-order valence-electron chi connectivity index (χ3n) is 3.73. The lowest BCUT2D eigenvalue weighted by atomic mass is 10.2. The maximum absolute atomic E-state index is 12.1. The summed E-state index contributed by atoms with van der Waals surface area (Å²) in [5.74, 6) is -0.285. The van der Waals surface area contributed by atoms with Gasteiger partial charge in [-0.1, -0.05) is 25.0 Å². The minimum Gasteiger partial charge on any atom is -0.326 e. The van der Waals surface area contributed by atoms with Gasteiger partial charge in [-0.3, -0.25) is 4.79 Å². The van der Waals surface area contributed by atoms with Crippen molar-refractivity contribution >= 4 is 21.4 Å². The molecule has 0 heterocycles. The molecule has 20 heavy (non-hydrogen) atoms. The molecule has 1 saturated carbocycles. The second-order valence-corrected chi connectivity index (χ2v) is 7.84. The normalized spacial score (nSPS) is 16.2. The van der Waals surface area contributed by atoms with Crippen molar-refractivity contribution in [2.24, 2.45) is 0 Å². The van der Waals surface area contributed by atoms with E-state index in [1.165, 1.54) is 0 Å². The van der Waals surface area contributed by atoms with Gasteiger partial charge in [0.1, 0.15) is 0 Å². The highest BCUT2D eigenvalue weighted by molar-refractivity contribution is 7.92. The largest absolute Gasteiger partial charge is 0.326 e. The molecule has 1 aliphatic rings. The molecule has 0 aliphatic heterocycles.